The maximum atomic E-state index is 12.7. The smallest absolute Gasteiger partial charge is 0.338 e. The van der Waals surface area contributed by atoms with E-state index in [0.717, 1.165) is 0 Å². The zero-order valence-corrected chi connectivity index (χ0v) is 20.1. The van der Waals surface area contributed by atoms with Gasteiger partial charge in [-0.05, 0) is 75.2 Å². The third-order valence-electron chi connectivity index (χ3n) is 4.52. The van der Waals surface area contributed by atoms with Crippen molar-refractivity contribution in [3.63, 3.8) is 0 Å². The van der Waals surface area contributed by atoms with Crippen molar-refractivity contribution >= 4 is 29.8 Å². The van der Waals surface area contributed by atoms with E-state index in [1.807, 2.05) is 0 Å². The summed E-state index contributed by atoms with van der Waals surface area (Å²) in [5.41, 5.74) is 2.14. The lowest BCUT2D eigenvalue weighted by atomic mass is 10.0. The summed E-state index contributed by atoms with van der Waals surface area (Å²) in [5, 5.41) is 0. The van der Waals surface area contributed by atoms with Crippen LogP contribution in [0.15, 0.2) is 78.9 Å². The number of ketones is 1. The molecule has 0 radical (unpaired) electrons. The fraction of sp³-hybridized carbons (Fsp3) is 0.143. The monoisotopic (exact) mass is 474 g/mol. The highest BCUT2D eigenvalue weighted by Gasteiger charge is 2.16. The van der Waals surface area contributed by atoms with Crippen molar-refractivity contribution in [1.82, 2.24) is 0 Å². The molecule has 2 aromatic carbocycles. The summed E-state index contributed by atoms with van der Waals surface area (Å²) >= 11 is 0. The summed E-state index contributed by atoms with van der Waals surface area (Å²) in [4.78, 5) is 48.4. The van der Waals surface area contributed by atoms with Crippen molar-refractivity contribution in [3.05, 3.63) is 95.6 Å². The number of esters is 3. The van der Waals surface area contributed by atoms with Crippen LogP contribution in [0.2, 0.25) is 0 Å². The lowest BCUT2D eigenvalue weighted by molar-refractivity contribution is -0.132. The third-order valence-corrected chi connectivity index (χ3v) is 4.52. The van der Waals surface area contributed by atoms with E-state index in [-0.39, 0.29) is 34.0 Å². The molecule has 0 bridgehead atoms. The van der Waals surface area contributed by atoms with Gasteiger partial charge in [-0.25, -0.2) is 14.4 Å². The number of hydrogen-bond donors (Lipinski definition) is 0. The molecule has 0 saturated carbocycles. The first-order valence-electron chi connectivity index (χ1n) is 10.5. The molecule has 0 spiro atoms. The molecule has 0 unspecified atom stereocenters. The molecule has 0 amide bonds. The van der Waals surface area contributed by atoms with Crippen LogP contribution in [0.1, 0.15) is 42.3 Å². The summed E-state index contributed by atoms with van der Waals surface area (Å²) in [6.45, 7) is 16.8. The van der Waals surface area contributed by atoms with E-state index in [1.165, 1.54) is 44.2 Å². The van der Waals surface area contributed by atoms with Gasteiger partial charge in [0.25, 0.3) is 0 Å². The van der Waals surface area contributed by atoms with Gasteiger partial charge in [0.1, 0.15) is 5.75 Å². The topological polar surface area (TPSA) is 96.0 Å². The van der Waals surface area contributed by atoms with Gasteiger partial charge in [-0.2, -0.15) is 0 Å². The molecule has 2 rings (SSSR count). The SMILES string of the molecule is C=C(C)C(=O)Oc1ccc(C(=O)C=Cc2ccc(OC(=O)C(=C)C)c(OC(=O)C(=C)C)c2)c(C)c1. The van der Waals surface area contributed by atoms with Crippen molar-refractivity contribution in [3.8, 4) is 17.2 Å². The second kappa shape index (κ2) is 11.6. The van der Waals surface area contributed by atoms with Crippen molar-refractivity contribution in [2.45, 2.75) is 27.7 Å². The standard InChI is InChI=1S/C28H26O7/c1-16(2)26(30)33-21-10-11-22(19(7)14-21)23(29)12-8-20-9-13-24(34-27(31)17(3)4)25(15-20)35-28(32)18(5)6/h8-15H,1,3,5H2,2,4,6-7H3. The normalized spacial score (nSPS) is 10.4. The summed E-state index contributed by atoms with van der Waals surface area (Å²) in [6, 6.07) is 9.16. The Kier molecular flexibility index (Phi) is 8.83. The molecule has 0 atom stereocenters. The Hall–Kier alpha value is -4.52. The maximum Gasteiger partial charge on any atom is 0.338 e. The Balaban J connectivity index is 2.28. The molecule has 0 aliphatic carbocycles. The average molecular weight is 475 g/mol. The first-order chi connectivity index (χ1) is 16.4. The number of allylic oxidation sites excluding steroid dienone is 1. The minimum atomic E-state index is -0.696. The minimum Gasteiger partial charge on any atom is -0.423 e. The molecule has 0 aliphatic rings. The van der Waals surface area contributed by atoms with E-state index < -0.39 is 17.9 Å². The Bertz CT molecular complexity index is 1280. The van der Waals surface area contributed by atoms with Gasteiger partial charge in [0.2, 0.25) is 0 Å². The second-order valence-corrected chi connectivity index (χ2v) is 7.89. The van der Waals surface area contributed by atoms with Crippen LogP contribution in [-0.4, -0.2) is 23.7 Å². The number of hydrogen-bond acceptors (Lipinski definition) is 7. The number of rotatable bonds is 9. The first kappa shape index (κ1) is 26.7. The van der Waals surface area contributed by atoms with E-state index in [4.69, 9.17) is 14.2 Å². The van der Waals surface area contributed by atoms with Crippen molar-refractivity contribution in [2.24, 2.45) is 0 Å². The largest absolute Gasteiger partial charge is 0.423 e. The van der Waals surface area contributed by atoms with Gasteiger partial charge >= 0.3 is 17.9 Å². The van der Waals surface area contributed by atoms with E-state index in [0.29, 0.717) is 22.4 Å². The fourth-order valence-electron chi connectivity index (χ4n) is 2.60. The summed E-state index contributed by atoms with van der Waals surface area (Å²) < 4.78 is 15.7. The Labute approximate surface area is 204 Å². The quantitative estimate of drug-likeness (QED) is 0.210. The van der Waals surface area contributed by atoms with Crippen LogP contribution in [0.25, 0.3) is 6.08 Å². The molecule has 180 valence electrons. The average Bonchev–Trinajstić information content (AvgIpc) is 2.78. The van der Waals surface area contributed by atoms with Crippen LogP contribution in [0.5, 0.6) is 17.2 Å². The van der Waals surface area contributed by atoms with Crippen LogP contribution < -0.4 is 14.2 Å². The first-order valence-corrected chi connectivity index (χ1v) is 10.5. The van der Waals surface area contributed by atoms with Crippen molar-refractivity contribution in [2.75, 3.05) is 0 Å². The van der Waals surface area contributed by atoms with E-state index in [1.54, 1.807) is 32.0 Å². The Morgan fingerprint density at radius 1 is 0.714 bits per heavy atom. The number of ether oxygens (including phenoxy) is 3. The van der Waals surface area contributed by atoms with Crippen molar-refractivity contribution < 1.29 is 33.4 Å². The molecule has 0 aliphatic heterocycles. The van der Waals surface area contributed by atoms with E-state index >= 15 is 0 Å². The molecule has 0 aromatic heterocycles. The molecule has 7 nitrogen and oxygen atoms in total. The van der Waals surface area contributed by atoms with Gasteiger partial charge in [-0.3, -0.25) is 4.79 Å². The molecule has 0 saturated heterocycles. The highest BCUT2D eigenvalue weighted by atomic mass is 16.6. The maximum absolute atomic E-state index is 12.7. The summed E-state index contributed by atoms with van der Waals surface area (Å²) in [5.74, 6) is -1.90. The number of carbonyl (C=O) groups is 4. The van der Waals surface area contributed by atoms with Gasteiger partial charge in [0.05, 0.1) is 0 Å². The lowest BCUT2D eigenvalue weighted by Gasteiger charge is -2.11. The van der Waals surface area contributed by atoms with Crippen LogP contribution in [-0.2, 0) is 14.4 Å². The number of aryl methyl sites for hydroxylation is 1. The molecule has 0 N–H and O–H groups in total. The zero-order chi connectivity index (χ0) is 26.3. The van der Waals surface area contributed by atoms with Gasteiger partial charge in [-0.1, -0.05) is 31.9 Å². The molecule has 7 heteroatoms. The van der Waals surface area contributed by atoms with Crippen LogP contribution in [0.4, 0.5) is 0 Å². The van der Waals surface area contributed by atoms with Gasteiger partial charge < -0.3 is 14.2 Å². The molecule has 0 fully saturated rings. The predicted octanol–water partition coefficient (Wildman–Crippen LogP) is 5.34. The second-order valence-electron chi connectivity index (χ2n) is 7.89. The highest BCUT2D eigenvalue weighted by Crippen LogP contribution is 2.30. The Morgan fingerprint density at radius 2 is 1.26 bits per heavy atom. The van der Waals surface area contributed by atoms with Gasteiger partial charge in [-0.15, -0.1) is 0 Å². The zero-order valence-electron chi connectivity index (χ0n) is 20.1. The summed E-state index contributed by atoms with van der Waals surface area (Å²) in [6.07, 6.45) is 2.88. The van der Waals surface area contributed by atoms with Crippen LogP contribution in [0, 0.1) is 6.92 Å². The molecular weight excluding hydrogens is 448 g/mol. The molecule has 0 heterocycles. The van der Waals surface area contributed by atoms with Gasteiger partial charge in [0, 0.05) is 22.3 Å². The van der Waals surface area contributed by atoms with Gasteiger partial charge in [0.15, 0.2) is 17.3 Å². The van der Waals surface area contributed by atoms with Crippen LogP contribution >= 0.6 is 0 Å². The molecule has 35 heavy (non-hydrogen) atoms. The third kappa shape index (κ3) is 7.50. The number of carbonyl (C=O) groups excluding carboxylic acids is 4. The highest BCUT2D eigenvalue weighted by molar-refractivity contribution is 6.08. The van der Waals surface area contributed by atoms with E-state index in [9.17, 15) is 19.2 Å². The molecular formula is C28H26O7. The van der Waals surface area contributed by atoms with Crippen LogP contribution in [0.3, 0.4) is 0 Å². The number of benzene rings is 2. The predicted molar refractivity (Wildman–Crippen MR) is 132 cm³/mol. The molecule has 2 aromatic rings. The van der Waals surface area contributed by atoms with E-state index in [2.05, 4.69) is 19.7 Å². The lowest BCUT2D eigenvalue weighted by Crippen LogP contribution is -2.12. The fourth-order valence-corrected chi connectivity index (χ4v) is 2.60. The minimum absolute atomic E-state index is 0.0120. The Morgan fingerprint density at radius 3 is 1.80 bits per heavy atom. The summed E-state index contributed by atoms with van der Waals surface area (Å²) in [7, 11) is 0. The van der Waals surface area contributed by atoms with Crippen molar-refractivity contribution in [1.29, 1.82) is 0 Å².